The van der Waals surface area contributed by atoms with E-state index in [1.165, 1.54) is 25.7 Å². The number of nitrogens with one attached hydrogen (secondary N) is 1. The zero-order chi connectivity index (χ0) is 13.7. The molecule has 1 fully saturated rings. The van der Waals surface area contributed by atoms with Crippen molar-refractivity contribution in [3.05, 3.63) is 12.2 Å². The summed E-state index contributed by atoms with van der Waals surface area (Å²) in [4.78, 5) is 6.71. The van der Waals surface area contributed by atoms with Crippen molar-refractivity contribution in [3.63, 3.8) is 0 Å². The maximum Gasteiger partial charge on any atom is 0.213 e. The predicted octanol–water partition coefficient (Wildman–Crippen LogP) is 1.85. The van der Waals surface area contributed by atoms with Crippen LogP contribution in [0.2, 0.25) is 0 Å². The van der Waals surface area contributed by atoms with Crippen LogP contribution in [0, 0.1) is 0 Å². The molecule has 5 heteroatoms. The molecule has 1 saturated heterocycles. The lowest BCUT2D eigenvalue weighted by atomic mass is 9.88. The number of aromatic nitrogens is 2. The summed E-state index contributed by atoms with van der Waals surface area (Å²) in [6, 6.07) is 0.623. The number of nitrogens with zero attached hydrogens (tertiary/aromatic N) is 3. The zero-order valence-corrected chi connectivity index (χ0v) is 12.4. The van der Waals surface area contributed by atoms with Crippen LogP contribution in [0.4, 0.5) is 0 Å². The van der Waals surface area contributed by atoms with Crippen LogP contribution >= 0.6 is 0 Å². The van der Waals surface area contributed by atoms with Crippen LogP contribution < -0.4 is 5.32 Å². The fourth-order valence-corrected chi connectivity index (χ4v) is 2.97. The van der Waals surface area contributed by atoms with Gasteiger partial charge in [0.2, 0.25) is 6.39 Å². The van der Waals surface area contributed by atoms with Gasteiger partial charge in [-0.15, -0.1) is 0 Å². The Labute approximate surface area is 115 Å². The lowest BCUT2D eigenvalue weighted by Crippen LogP contribution is -2.63. The summed E-state index contributed by atoms with van der Waals surface area (Å²) in [5.41, 5.74) is 0.281. The number of hydrogen-bond donors (Lipinski definition) is 1. The molecule has 1 unspecified atom stereocenters. The van der Waals surface area contributed by atoms with E-state index in [0.717, 1.165) is 31.9 Å². The molecular formula is C14H26N4O. The standard InChI is InChI=1S/C14H26N4O/c1-4-12-9-16-14(5-2,6-3)10-18(12)8-7-13-15-11-19-17-13/h11-12,16H,4-10H2,1-3H3. The van der Waals surface area contributed by atoms with Gasteiger partial charge in [0.1, 0.15) is 0 Å². The molecule has 5 nitrogen and oxygen atoms in total. The molecule has 0 spiro atoms. The lowest BCUT2D eigenvalue weighted by molar-refractivity contribution is 0.0710. The Morgan fingerprint density at radius 2 is 2.21 bits per heavy atom. The average Bonchev–Trinajstić information content (AvgIpc) is 2.98. The molecule has 0 amide bonds. The van der Waals surface area contributed by atoms with E-state index in [1.54, 1.807) is 0 Å². The van der Waals surface area contributed by atoms with Crippen molar-refractivity contribution in [2.45, 2.75) is 58.0 Å². The summed E-state index contributed by atoms with van der Waals surface area (Å²) in [5.74, 6) is 0.812. The van der Waals surface area contributed by atoms with Crippen molar-refractivity contribution in [1.29, 1.82) is 0 Å². The van der Waals surface area contributed by atoms with Gasteiger partial charge in [-0.1, -0.05) is 25.9 Å². The topological polar surface area (TPSA) is 54.2 Å². The third-order valence-electron chi connectivity index (χ3n) is 4.59. The Morgan fingerprint density at radius 1 is 1.42 bits per heavy atom. The number of rotatable bonds is 6. The van der Waals surface area contributed by atoms with E-state index in [0.29, 0.717) is 6.04 Å². The monoisotopic (exact) mass is 266 g/mol. The SMILES string of the molecule is CCC1CNC(CC)(CC)CN1CCc1ncon1. The Bertz CT molecular complexity index is 362. The van der Waals surface area contributed by atoms with Gasteiger partial charge in [-0.2, -0.15) is 4.98 Å². The normalized spacial score (nSPS) is 23.6. The summed E-state index contributed by atoms with van der Waals surface area (Å²) in [6.45, 7) is 10.0. The van der Waals surface area contributed by atoms with Crippen molar-refractivity contribution in [1.82, 2.24) is 20.4 Å². The minimum Gasteiger partial charge on any atom is -0.343 e. The molecule has 0 bridgehead atoms. The Kier molecular flexibility index (Phi) is 4.93. The van der Waals surface area contributed by atoms with Gasteiger partial charge in [-0.3, -0.25) is 4.90 Å². The van der Waals surface area contributed by atoms with Gasteiger partial charge in [-0.05, 0) is 19.3 Å². The second-order valence-electron chi connectivity index (χ2n) is 5.50. The molecule has 2 heterocycles. The van der Waals surface area contributed by atoms with E-state index in [1.807, 2.05) is 0 Å². The van der Waals surface area contributed by atoms with E-state index >= 15 is 0 Å². The van der Waals surface area contributed by atoms with Crippen molar-refractivity contribution in [3.8, 4) is 0 Å². The molecule has 1 aliphatic rings. The van der Waals surface area contributed by atoms with Crippen molar-refractivity contribution >= 4 is 0 Å². The fraction of sp³-hybridized carbons (Fsp3) is 0.857. The van der Waals surface area contributed by atoms with Crippen LogP contribution in [0.3, 0.4) is 0 Å². The molecular weight excluding hydrogens is 240 g/mol. The van der Waals surface area contributed by atoms with E-state index < -0.39 is 0 Å². The highest BCUT2D eigenvalue weighted by Crippen LogP contribution is 2.23. The van der Waals surface area contributed by atoms with Crippen LogP contribution in [-0.2, 0) is 6.42 Å². The van der Waals surface area contributed by atoms with Gasteiger partial charge in [0.05, 0.1) is 0 Å². The highest BCUT2D eigenvalue weighted by atomic mass is 16.5. The molecule has 0 aliphatic carbocycles. The maximum absolute atomic E-state index is 4.80. The minimum absolute atomic E-state index is 0.281. The third kappa shape index (κ3) is 3.34. The molecule has 1 N–H and O–H groups in total. The molecule has 2 rings (SSSR count). The molecule has 1 aliphatic heterocycles. The Morgan fingerprint density at radius 3 is 2.79 bits per heavy atom. The quantitative estimate of drug-likeness (QED) is 0.851. The van der Waals surface area contributed by atoms with Gasteiger partial charge >= 0.3 is 0 Å². The summed E-state index contributed by atoms with van der Waals surface area (Å²) in [6.07, 6.45) is 5.82. The number of hydrogen-bond acceptors (Lipinski definition) is 5. The number of piperazine rings is 1. The molecule has 0 radical (unpaired) electrons. The van der Waals surface area contributed by atoms with Crippen molar-refractivity contribution in [2.75, 3.05) is 19.6 Å². The summed E-state index contributed by atoms with van der Waals surface area (Å²) in [7, 11) is 0. The highest BCUT2D eigenvalue weighted by Gasteiger charge is 2.35. The Balaban J connectivity index is 1.97. The highest BCUT2D eigenvalue weighted by molar-refractivity contribution is 4.97. The first kappa shape index (κ1) is 14.5. The van der Waals surface area contributed by atoms with Crippen LogP contribution in [0.25, 0.3) is 0 Å². The molecule has 108 valence electrons. The minimum atomic E-state index is 0.281. The molecule has 1 atom stereocenters. The van der Waals surface area contributed by atoms with Gasteiger partial charge in [0, 0.05) is 37.6 Å². The van der Waals surface area contributed by atoms with Crippen LogP contribution in [0.5, 0.6) is 0 Å². The van der Waals surface area contributed by atoms with Gasteiger partial charge in [0.15, 0.2) is 5.82 Å². The van der Waals surface area contributed by atoms with Gasteiger partial charge in [0.25, 0.3) is 0 Å². The molecule has 19 heavy (non-hydrogen) atoms. The first-order chi connectivity index (χ1) is 9.23. The van der Waals surface area contributed by atoms with Crippen molar-refractivity contribution in [2.24, 2.45) is 0 Å². The lowest BCUT2D eigenvalue weighted by Gasteiger charge is -2.47. The van der Waals surface area contributed by atoms with Crippen LogP contribution in [0.1, 0.15) is 45.9 Å². The molecule has 0 aromatic carbocycles. The van der Waals surface area contributed by atoms with Crippen LogP contribution in [0.15, 0.2) is 10.9 Å². The molecule has 1 aromatic rings. The maximum atomic E-state index is 4.80. The van der Waals surface area contributed by atoms with Gasteiger partial charge in [-0.25, -0.2) is 0 Å². The van der Waals surface area contributed by atoms with E-state index in [9.17, 15) is 0 Å². The van der Waals surface area contributed by atoms with Crippen molar-refractivity contribution < 1.29 is 4.52 Å². The summed E-state index contributed by atoms with van der Waals surface area (Å²) in [5, 5.41) is 7.66. The summed E-state index contributed by atoms with van der Waals surface area (Å²) < 4.78 is 4.80. The molecule has 1 aromatic heterocycles. The second kappa shape index (κ2) is 6.48. The Hall–Kier alpha value is -0.940. The van der Waals surface area contributed by atoms with E-state index in [2.05, 4.69) is 41.1 Å². The second-order valence-corrected chi connectivity index (χ2v) is 5.50. The first-order valence-corrected chi connectivity index (χ1v) is 7.47. The van der Waals surface area contributed by atoms with Crippen LogP contribution in [-0.4, -0.2) is 46.3 Å². The fourth-order valence-electron chi connectivity index (χ4n) is 2.97. The third-order valence-corrected chi connectivity index (χ3v) is 4.59. The molecule has 0 saturated carbocycles. The zero-order valence-electron chi connectivity index (χ0n) is 12.4. The van der Waals surface area contributed by atoms with Gasteiger partial charge < -0.3 is 9.84 Å². The van der Waals surface area contributed by atoms with E-state index in [4.69, 9.17) is 4.52 Å². The largest absolute Gasteiger partial charge is 0.343 e. The van der Waals surface area contributed by atoms with E-state index in [-0.39, 0.29) is 5.54 Å². The summed E-state index contributed by atoms with van der Waals surface area (Å²) >= 11 is 0. The predicted molar refractivity (Wildman–Crippen MR) is 75.0 cm³/mol. The first-order valence-electron chi connectivity index (χ1n) is 7.47. The smallest absolute Gasteiger partial charge is 0.213 e. The average molecular weight is 266 g/mol.